The summed E-state index contributed by atoms with van der Waals surface area (Å²) < 4.78 is 13.2. The van der Waals surface area contributed by atoms with Gasteiger partial charge in [-0.15, -0.1) is 11.3 Å². The van der Waals surface area contributed by atoms with Gasteiger partial charge in [0.1, 0.15) is 10.7 Å². The molecule has 0 aliphatic rings. The molecule has 1 unspecified atom stereocenters. The molecule has 3 nitrogen and oxygen atoms in total. The van der Waals surface area contributed by atoms with Crippen molar-refractivity contribution in [2.45, 2.75) is 11.9 Å². The van der Waals surface area contributed by atoms with Gasteiger partial charge in [0.25, 0.3) is 0 Å². The minimum Gasteiger partial charge on any atom is -0.294 e. The third kappa shape index (κ3) is 1.01. The van der Waals surface area contributed by atoms with Crippen LogP contribution in [0.3, 0.4) is 0 Å². The number of aromatic nitrogens is 2. The Morgan fingerprint density at radius 1 is 1.67 bits per heavy atom. The highest BCUT2D eigenvalue weighted by Gasteiger charge is 2.11. The largest absolute Gasteiger partial charge is 0.294 e. The van der Waals surface area contributed by atoms with E-state index in [2.05, 4.69) is 4.98 Å². The maximum Gasteiger partial charge on any atom is 0.163 e. The monoisotopic (exact) mass is 200 g/mol. The van der Waals surface area contributed by atoms with Crippen molar-refractivity contribution in [3.8, 4) is 0 Å². The average Bonchev–Trinajstić information content (AvgIpc) is 2.53. The van der Waals surface area contributed by atoms with E-state index in [9.17, 15) is 4.21 Å². The maximum atomic E-state index is 11.2. The molecule has 0 bridgehead atoms. The Hall–Kier alpha value is -0.680. The fourth-order valence-corrected chi connectivity index (χ4v) is 2.99. The number of imidazole rings is 1. The molecule has 5 heteroatoms. The van der Waals surface area contributed by atoms with E-state index in [1.807, 2.05) is 22.9 Å². The Kier molecular flexibility index (Phi) is 1.77. The van der Waals surface area contributed by atoms with Gasteiger partial charge in [-0.2, -0.15) is 0 Å². The van der Waals surface area contributed by atoms with Crippen molar-refractivity contribution in [3.05, 3.63) is 17.4 Å². The minimum absolute atomic E-state index is 0.697. The molecule has 2 aromatic heterocycles. The van der Waals surface area contributed by atoms with Crippen LogP contribution in [-0.2, 0) is 10.8 Å². The molecular weight excluding hydrogens is 192 g/mol. The van der Waals surface area contributed by atoms with E-state index >= 15 is 0 Å². The molecule has 2 rings (SSSR count). The predicted molar refractivity (Wildman–Crippen MR) is 50.1 cm³/mol. The summed E-state index contributed by atoms with van der Waals surface area (Å²) in [7, 11) is -0.983. The molecule has 0 spiro atoms. The van der Waals surface area contributed by atoms with Crippen LogP contribution in [0.15, 0.2) is 16.6 Å². The standard InChI is InChI=1S/C7H8N2OS2/c1-5-8-6(12(2)10)7-9(5)3-4-11-7/h3-4H,1-2H3. The lowest BCUT2D eigenvalue weighted by Crippen LogP contribution is -1.86. The van der Waals surface area contributed by atoms with Gasteiger partial charge in [-0.1, -0.05) is 0 Å². The van der Waals surface area contributed by atoms with Crippen molar-refractivity contribution in [1.82, 2.24) is 9.38 Å². The van der Waals surface area contributed by atoms with Crippen LogP contribution in [-0.4, -0.2) is 19.8 Å². The molecule has 0 radical (unpaired) electrons. The number of thiazole rings is 1. The normalized spacial score (nSPS) is 13.8. The highest BCUT2D eigenvalue weighted by molar-refractivity contribution is 7.84. The molecule has 0 saturated heterocycles. The van der Waals surface area contributed by atoms with Crippen LogP contribution in [0, 0.1) is 6.92 Å². The summed E-state index contributed by atoms with van der Waals surface area (Å²) >= 11 is 1.57. The van der Waals surface area contributed by atoms with Crippen LogP contribution < -0.4 is 0 Å². The van der Waals surface area contributed by atoms with Crippen LogP contribution in [0.1, 0.15) is 5.82 Å². The summed E-state index contributed by atoms with van der Waals surface area (Å²) in [5, 5.41) is 2.67. The van der Waals surface area contributed by atoms with E-state index in [-0.39, 0.29) is 0 Å². The Morgan fingerprint density at radius 2 is 2.42 bits per heavy atom. The molecule has 0 N–H and O–H groups in total. The zero-order valence-corrected chi connectivity index (χ0v) is 8.41. The Morgan fingerprint density at radius 3 is 3.08 bits per heavy atom. The minimum atomic E-state index is -0.983. The smallest absolute Gasteiger partial charge is 0.163 e. The molecule has 0 aliphatic carbocycles. The molecule has 0 aromatic carbocycles. The first-order valence-corrected chi connectivity index (χ1v) is 5.89. The second-order valence-electron chi connectivity index (χ2n) is 2.50. The van der Waals surface area contributed by atoms with Gasteiger partial charge < -0.3 is 0 Å². The topological polar surface area (TPSA) is 34.4 Å². The first kappa shape index (κ1) is 7.94. The van der Waals surface area contributed by atoms with Gasteiger partial charge in [-0.3, -0.25) is 8.61 Å². The quantitative estimate of drug-likeness (QED) is 0.698. The van der Waals surface area contributed by atoms with Crippen LogP contribution >= 0.6 is 11.3 Å². The van der Waals surface area contributed by atoms with Crippen LogP contribution in [0.2, 0.25) is 0 Å². The van der Waals surface area contributed by atoms with Gasteiger partial charge in [0.05, 0.1) is 10.8 Å². The molecule has 0 saturated carbocycles. The molecule has 2 heterocycles. The molecule has 2 aromatic rings. The third-order valence-electron chi connectivity index (χ3n) is 1.68. The van der Waals surface area contributed by atoms with Crippen molar-refractivity contribution < 1.29 is 4.21 Å². The van der Waals surface area contributed by atoms with Crippen molar-refractivity contribution in [3.63, 3.8) is 0 Å². The summed E-state index contributed by atoms with van der Waals surface area (Å²) in [5.74, 6) is 0.899. The molecule has 0 aliphatic heterocycles. The average molecular weight is 200 g/mol. The Balaban J connectivity index is 2.83. The summed E-state index contributed by atoms with van der Waals surface area (Å²) in [6.45, 7) is 1.91. The second kappa shape index (κ2) is 2.67. The van der Waals surface area contributed by atoms with Gasteiger partial charge in [-0.25, -0.2) is 4.98 Å². The fourth-order valence-electron chi connectivity index (χ4n) is 1.12. The van der Waals surface area contributed by atoms with E-state index in [4.69, 9.17) is 0 Å². The lowest BCUT2D eigenvalue weighted by atomic mass is 10.7. The summed E-state index contributed by atoms with van der Waals surface area (Å²) in [5.41, 5.74) is 0. The van der Waals surface area contributed by atoms with Gasteiger partial charge in [0.15, 0.2) is 5.03 Å². The third-order valence-corrected chi connectivity index (χ3v) is 3.51. The summed E-state index contributed by atoms with van der Waals surface area (Å²) in [6, 6.07) is 0. The summed E-state index contributed by atoms with van der Waals surface area (Å²) in [4.78, 5) is 5.22. The number of rotatable bonds is 1. The number of hydrogen-bond donors (Lipinski definition) is 0. The number of nitrogens with zero attached hydrogens (tertiary/aromatic N) is 2. The lowest BCUT2D eigenvalue weighted by Gasteiger charge is -1.84. The molecule has 1 atom stereocenters. The van der Waals surface area contributed by atoms with Crippen molar-refractivity contribution in [2.75, 3.05) is 6.26 Å². The number of fused-ring (bicyclic) bond motifs is 1. The van der Waals surface area contributed by atoms with Gasteiger partial charge in [0.2, 0.25) is 0 Å². The SMILES string of the molecule is Cc1nc(S(C)=O)c2sccn12. The molecule has 64 valence electrons. The number of hydrogen-bond acceptors (Lipinski definition) is 3. The molecular formula is C7H8N2OS2. The van der Waals surface area contributed by atoms with Gasteiger partial charge >= 0.3 is 0 Å². The number of aryl methyl sites for hydroxylation is 1. The lowest BCUT2D eigenvalue weighted by molar-refractivity contribution is 0.685. The van der Waals surface area contributed by atoms with E-state index < -0.39 is 10.8 Å². The van der Waals surface area contributed by atoms with Crippen molar-refractivity contribution >= 4 is 27.0 Å². The van der Waals surface area contributed by atoms with Crippen molar-refractivity contribution in [2.24, 2.45) is 0 Å². The van der Waals surface area contributed by atoms with Crippen molar-refractivity contribution in [1.29, 1.82) is 0 Å². The highest BCUT2D eigenvalue weighted by Crippen LogP contribution is 2.20. The van der Waals surface area contributed by atoms with E-state index in [0.717, 1.165) is 10.7 Å². The Labute approximate surface area is 76.5 Å². The first-order chi connectivity index (χ1) is 5.70. The van der Waals surface area contributed by atoms with E-state index in [1.165, 1.54) is 0 Å². The predicted octanol–water partition coefficient (Wildman–Crippen LogP) is 1.44. The first-order valence-electron chi connectivity index (χ1n) is 3.45. The molecule has 0 amide bonds. The fraction of sp³-hybridized carbons (Fsp3) is 0.286. The maximum absolute atomic E-state index is 11.2. The summed E-state index contributed by atoms with van der Waals surface area (Å²) in [6.07, 6.45) is 3.60. The second-order valence-corrected chi connectivity index (χ2v) is 4.69. The van der Waals surface area contributed by atoms with E-state index in [0.29, 0.717) is 5.03 Å². The van der Waals surface area contributed by atoms with Crippen LogP contribution in [0.4, 0.5) is 0 Å². The zero-order chi connectivity index (χ0) is 8.72. The zero-order valence-electron chi connectivity index (χ0n) is 6.77. The van der Waals surface area contributed by atoms with Crippen LogP contribution in [0.25, 0.3) is 4.83 Å². The molecule has 0 fully saturated rings. The van der Waals surface area contributed by atoms with Gasteiger partial charge in [-0.05, 0) is 6.92 Å². The van der Waals surface area contributed by atoms with Gasteiger partial charge in [0, 0.05) is 17.8 Å². The molecule has 12 heavy (non-hydrogen) atoms. The van der Waals surface area contributed by atoms with E-state index in [1.54, 1.807) is 17.6 Å². The van der Waals surface area contributed by atoms with Crippen LogP contribution in [0.5, 0.6) is 0 Å². The Bertz CT molecular complexity index is 443. The highest BCUT2D eigenvalue weighted by atomic mass is 32.2.